The molecule has 0 aromatic heterocycles. The predicted molar refractivity (Wildman–Crippen MR) is 149 cm³/mol. The van der Waals surface area contributed by atoms with Gasteiger partial charge in [-0.3, -0.25) is 13.9 Å². The summed E-state index contributed by atoms with van der Waals surface area (Å²) in [5, 5.41) is 3.10. The standard InChI is InChI=1S/C27H36BrN3O5S/c1-20(27(33)29-23-9-4-5-10-23)30(19-21-14-16-22(28)17-15-21)26(32)13-8-18-31(37(3,34)35)24-11-6-7-12-25(24)36-2/h6-7,11-12,14-17,20,23H,4-5,8-10,13,18-19H2,1-3H3,(H,29,33). The summed E-state index contributed by atoms with van der Waals surface area (Å²) in [6.45, 7) is 2.14. The molecule has 2 aromatic rings. The highest BCUT2D eigenvalue weighted by Gasteiger charge is 2.29. The lowest BCUT2D eigenvalue weighted by atomic mass is 10.1. The SMILES string of the molecule is COc1ccccc1N(CCCC(=O)N(Cc1ccc(Br)cc1)C(C)C(=O)NC1CCCC1)S(C)(=O)=O. The first-order chi connectivity index (χ1) is 17.6. The number of ether oxygens (including phenoxy) is 1. The molecule has 202 valence electrons. The Morgan fingerprint density at radius 2 is 1.76 bits per heavy atom. The molecule has 3 rings (SSSR count). The number of carbonyl (C=O) groups is 2. The highest BCUT2D eigenvalue weighted by atomic mass is 79.9. The molecule has 1 fully saturated rings. The van der Waals surface area contributed by atoms with Crippen molar-refractivity contribution in [2.75, 3.05) is 24.2 Å². The highest BCUT2D eigenvalue weighted by molar-refractivity contribution is 9.10. The van der Waals surface area contributed by atoms with E-state index in [4.69, 9.17) is 4.74 Å². The van der Waals surface area contributed by atoms with Crippen LogP contribution in [0, 0.1) is 0 Å². The average Bonchev–Trinajstić information content (AvgIpc) is 3.38. The van der Waals surface area contributed by atoms with Gasteiger partial charge in [-0.15, -0.1) is 0 Å². The van der Waals surface area contributed by atoms with Crippen molar-refractivity contribution in [3.8, 4) is 5.75 Å². The van der Waals surface area contributed by atoms with E-state index < -0.39 is 16.1 Å². The molecule has 37 heavy (non-hydrogen) atoms. The van der Waals surface area contributed by atoms with Gasteiger partial charge in [-0.05, 0) is 56.0 Å². The quantitative estimate of drug-likeness (QED) is 0.391. The molecule has 0 heterocycles. The summed E-state index contributed by atoms with van der Waals surface area (Å²) < 4.78 is 32.7. The molecular weight excluding hydrogens is 558 g/mol. The second kappa shape index (κ2) is 13.3. The molecule has 1 aliphatic rings. The average molecular weight is 595 g/mol. The van der Waals surface area contributed by atoms with Gasteiger partial charge < -0.3 is 15.0 Å². The van der Waals surface area contributed by atoms with Gasteiger partial charge in [0.2, 0.25) is 21.8 Å². The number of carbonyl (C=O) groups excluding carboxylic acids is 2. The summed E-state index contributed by atoms with van der Waals surface area (Å²) in [5.41, 5.74) is 1.33. The van der Waals surface area contributed by atoms with Crippen LogP contribution in [0.4, 0.5) is 5.69 Å². The van der Waals surface area contributed by atoms with Crippen molar-refractivity contribution in [3.05, 3.63) is 58.6 Å². The number of hydrogen-bond donors (Lipinski definition) is 1. The number of benzene rings is 2. The Bertz CT molecular complexity index is 1170. The molecule has 0 aliphatic heterocycles. The minimum Gasteiger partial charge on any atom is -0.495 e. The van der Waals surface area contributed by atoms with E-state index in [1.807, 2.05) is 24.3 Å². The fourth-order valence-corrected chi connectivity index (χ4v) is 5.81. The molecule has 1 atom stereocenters. The zero-order valence-electron chi connectivity index (χ0n) is 21.7. The van der Waals surface area contributed by atoms with Gasteiger partial charge in [0.05, 0.1) is 19.1 Å². The van der Waals surface area contributed by atoms with E-state index in [0.29, 0.717) is 11.4 Å². The zero-order valence-corrected chi connectivity index (χ0v) is 24.1. The van der Waals surface area contributed by atoms with Gasteiger partial charge in [-0.25, -0.2) is 8.42 Å². The second-order valence-corrected chi connectivity index (χ2v) is 12.2. The van der Waals surface area contributed by atoms with E-state index in [1.54, 1.807) is 36.1 Å². The molecule has 1 aliphatic carbocycles. The molecule has 0 radical (unpaired) electrons. The third kappa shape index (κ3) is 8.20. The summed E-state index contributed by atoms with van der Waals surface area (Å²) in [6, 6.07) is 14.0. The van der Waals surface area contributed by atoms with Gasteiger partial charge in [0, 0.05) is 30.0 Å². The summed E-state index contributed by atoms with van der Waals surface area (Å²) in [7, 11) is -2.12. The summed E-state index contributed by atoms with van der Waals surface area (Å²) >= 11 is 3.43. The van der Waals surface area contributed by atoms with Crippen molar-refractivity contribution in [2.45, 2.75) is 64.1 Å². The molecule has 1 saturated carbocycles. The van der Waals surface area contributed by atoms with Gasteiger partial charge in [-0.1, -0.05) is 53.0 Å². The Morgan fingerprint density at radius 1 is 1.11 bits per heavy atom. The number of amides is 2. The number of para-hydroxylation sites is 2. The van der Waals surface area contributed by atoms with Crippen molar-refractivity contribution in [1.29, 1.82) is 0 Å². The van der Waals surface area contributed by atoms with Gasteiger partial charge in [0.1, 0.15) is 11.8 Å². The van der Waals surface area contributed by atoms with Crippen molar-refractivity contribution >= 4 is 43.5 Å². The molecule has 0 bridgehead atoms. The number of methoxy groups -OCH3 is 1. The fraction of sp³-hybridized carbons (Fsp3) is 0.481. The summed E-state index contributed by atoms with van der Waals surface area (Å²) in [5.74, 6) is 0.0722. The van der Waals surface area contributed by atoms with Gasteiger partial charge in [-0.2, -0.15) is 0 Å². The van der Waals surface area contributed by atoms with Crippen molar-refractivity contribution in [1.82, 2.24) is 10.2 Å². The maximum absolute atomic E-state index is 13.4. The Labute approximate surface area is 228 Å². The fourth-order valence-electron chi connectivity index (χ4n) is 4.58. The lowest BCUT2D eigenvalue weighted by molar-refractivity contribution is -0.141. The number of anilines is 1. The van der Waals surface area contributed by atoms with Crippen molar-refractivity contribution in [2.24, 2.45) is 0 Å². The molecule has 1 N–H and O–H groups in total. The number of rotatable bonds is 12. The minimum absolute atomic E-state index is 0.0960. The maximum Gasteiger partial charge on any atom is 0.242 e. The summed E-state index contributed by atoms with van der Waals surface area (Å²) in [6.07, 6.45) is 5.65. The number of hydrogen-bond acceptors (Lipinski definition) is 5. The van der Waals surface area contributed by atoms with Crippen LogP contribution in [0.1, 0.15) is 51.0 Å². The van der Waals surface area contributed by atoms with E-state index in [9.17, 15) is 18.0 Å². The van der Waals surface area contributed by atoms with E-state index in [1.165, 1.54) is 11.4 Å². The topological polar surface area (TPSA) is 96.0 Å². The number of sulfonamides is 1. The summed E-state index contributed by atoms with van der Waals surface area (Å²) in [4.78, 5) is 28.1. The van der Waals surface area contributed by atoms with E-state index >= 15 is 0 Å². The molecule has 8 nitrogen and oxygen atoms in total. The van der Waals surface area contributed by atoms with Gasteiger partial charge in [0.25, 0.3) is 0 Å². The first kappa shape index (κ1) is 29.0. The number of halogens is 1. The maximum atomic E-state index is 13.4. The van der Waals surface area contributed by atoms with Crippen LogP contribution in [0.2, 0.25) is 0 Å². The zero-order chi connectivity index (χ0) is 27.0. The molecule has 0 saturated heterocycles. The van der Waals surface area contributed by atoms with Crippen LogP contribution in [0.5, 0.6) is 5.75 Å². The van der Waals surface area contributed by atoms with Gasteiger partial charge >= 0.3 is 0 Å². The first-order valence-electron chi connectivity index (χ1n) is 12.5. The van der Waals surface area contributed by atoms with Crippen LogP contribution >= 0.6 is 15.9 Å². The van der Waals surface area contributed by atoms with E-state index in [0.717, 1.165) is 42.0 Å². The Morgan fingerprint density at radius 3 is 2.38 bits per heavy atom. The Balaban J connectivity index is 1.73. The third-order valence-electron chi connectivity index (χ3n) is 6.64. The van der Waals surface area contributed by atoms with Crippen LogP contribution in [0.3, 0.4) is 0 Å². The van der Waals surface area contributed by atoms with Crippen LogP contribution in [-0.4, -0.2) is 57.1 Å². The lowest BCUT2D eigenvalue weighted by Gasteiger charge is -2.30. The highest BCUT2D eigenvalue weighted by Crippen LogP contribution is 2.30. The Kier molecular flexibility index (Phi) is 10.4. The van der Waals surface area contributed by atoms with Crippen LogP contribution < -0.4 is 14.4 Å². The van der Waals surface area contributed by atoms with E-state index in [2.05, 4.69) is 21.2 Å². The largest absolute Gasteiger partial charge is 0.495 e. The Hall–Kier alpha value is -2.59. The van der Waals surface area contributed by atoms with E-state index in [-0.39, 0.29) is 43.8 Å². The van der Waals surface area contributed by atoms with Crippen molar-refractivity contribution < 1.29 is 22.7 Å². The monoisotopic (exact) mass is 593 g/mol. The molecule has 2 amide bonds. The normalized spacial score (nSPS) is 14.7. The molecule has 1 unspecified atom stereocenters. The van der Waals surface area contributed by atoms with Crippen LogP contribution in [0.15, 0.2) is 53.0 Å². The van der Waals surface area contributed by atoms with Crippen LogP contribution in [0.25, 0.3) is 0 Å². The second-order valence-electron chi connectivity index (χ2n) is 9.42. The lowest BCUT2D eigenvalue weighted by Crippen LogP contribution is -2.49. The smallest absolute Gasteiger partial charge is 0.242 e. The molecule has 0 spiro atoms. The first-order valence-corrected chi connectivity index (χ1v) is 15.2. The minimum atomic E-state index is -3.60. The van der Waals surface area contributed by atoms with Crippen LogP contribution in [-0.2, 0) is 26.2 Å². The third-order valence-corrected chi connectivity index (χ3v) is 8.35. The predicted octanol–water partition coefficient (Wildman–Crippen LogP) is 4.48. The van der Waals surface area contributed by atoms with Crippen molar-refractivity contribution in [3.63, 3.8) is 0 Å². The number of nitrogens with one attached hydrogen (secondary N) is 1. The molecular formula is C27H36BrN3O5S. The molecule has 10 heteroatoms. The molecule has 2 aromatic carbocycles. The van der Waals surface area contributed by atoms with Gasteiger partial charge in [0.15, 0.2) is 0 Å². The number of nitrogens with zero attached hydrogens (tertiary/aromatic N) is 2.